The number of anilines is 1. The number of carbonyl (C=O) groups is 1. The van der Waals surface area contributed by atoms with Crippen molar-refractivity contribution in [1.29, 1.82) is 0 Å². The molecule has 0 radical (unpaired) electrons. The van der Waals surface area contributed by atoms with E-state index in [1.54, 1.807) is 0 Å². The van der Waals surface area contributed by atoms with Crippen LogP contribution in [0.5, 0.6) is 0 Å². The molecule has 76 valence electrons. The van der Waals surface area contributed by atoms with Crippen molar-refractivity contribution in [2.45, 2.75) is 26.2 Å². The number of ketones is 1. The van der Waals surface area contributed by atoms with Crippen molar-refractivity contribution in [1.82, 2.24) is 4.98 Å². The van der Waals surface area contributed by atoms with Crippen LogP contribution in [0.15, 0.2) is 17.5 Å². The maximum Gasteiger partial charge on any atom is 0.180 e. The lowest BCUT2D eigenvalue weighted by atomic mass is 10.1. The maximum atomic E-state index is 11.5. The second kappa shape index (κ2) is 4.91. The molecule has 1 heterocycles. The second-order valence-electron chi connectivity index (χ2n) is 3.17. The van der Waals surface area contributed by atoms with E-state index in [0.29, 0.717) is 18.0 Å². The summed E-state index contributed by atoms with van der Waals surface area (Å²) in [7, 11) is 0. The number of hydrogen-bond donors (Lipinski definition) is 1. The lowest BCUT2D eigenvalue weighted by Gasteiger charge is -1.99. The van der Waals surface area contributed by atoms with Crippen LogP contribution in [0, 0.1) is 0 Å². The third-order valence-electron chi connectivity index (χ3n) is 1.89. The molecule has 0 aliphatic rings. The molecule has 1 rings (SSSR count). The summed E-state index contributed by atoms with van der Waals surface area (Å²) in [6.07, 6.45) is 1.67. The SMILES string of the molecule is C=C(CC)CC(=O)Cc1csc(N)n1. The van der Waals surface area contributed by atoms with Gasteiger partial charge in [0.1, 0.15) is 5.78 Å². The highest BCUT2D eigenvalue weighted by Gasteiger charge is 2.07. The first kappa shape index (κ1) is 10.9. The van der Waals surface area contributed by atoms with Crippen molar-refractivity contribution in [2.24, 2.45) is 0 Å². The molecule has 1 aromatic heterocycles. The molecule has 0 aromatic carbocycles. The van der Waals surface area contributed by atoms with Crippen LogP contribution >= 0.6 is 11.3 Å². The fourth-order valence-electron chi connectivity index (χ4n) is 1.07. The largest absolute Gasteiger partial charge is 0.375 e. The van der Waals surface area contributed by atoms with Crippen LogP contribution in [0.4, 0.5) is 5.13 Å². The quantitative estimate of drug-likeness (QED) is 0.758. The molecule has 4 heteroatoms. The average Bonchev–Trinajstić information content (AvgIpc) is 2.50. The van der Waals surface area contributed by atoms with Gasteiger partial charge in [-0.15, -0.1) is 11.3 Å². The van der Waals surface area contributed by atoms with Crippen molar-refractivity contribution in [3.8, 4) is 0 Å². The Morgan fingerprint density at radius 1 is 1.71 bits per heavy atom. The van der Waals surface area contributed by atoms with Gasteiger partial charge in [-0.2, -0.15) is 0 Å². The van der Waals surface area contributed by atoms with E-state index in [-0.39, 0.29) is 5.78 Å². The van der Waals surface area contributed by atoms with Gasteiger partial charge in [0.15, 0.2) is 5.13 Å². The molecule has 0 aliphatic heterocycles. The summed E-state index contributed by atoms with van der Waals surface area (Å²) in [6, 6.07) is 0. The van der Waals surface area contributed by atoms with E-state index in [1.807, 2.05) is 12.3 Å². The van der Waals surface area contributed by atoms with Crippen molar-refractivity contribution in [3.05, 3.63) is 23.2 Å². The van der Waals surface area contributed by atoms with Crippen LogP contribution in [-0.4, -0.2) is 10.8 Å². The molecule has 0 saturated heterocycles. The predicted molar refractivity (Wildman–Crippen MR) is 59.3 cm³/mol. The van der Waals surface area contributed by atoms with Crippen molar-refractivity contribution in [3.63, 3.8) is 0 Å². The molecular weight excluding hydrogens is 196 g/mol. The molecular formula is C10H14N2OS. The first-order valence-corrected chi connectivity index (χ1v) is 5.38. The summed E-state index contributed by atoms with van der Waals surface area (Å²) in [6.45, 7) is 5.79. The van der Waals surface area contributed by atoms with E-state index in [9.17, 15) is 4.79 Å². The molecule has 0 unspecified atom stereocenters. The Balaban J connectivity index is 2.45. The van der Waals surface area contributed by atoms with Crippen LogP contribution in [0.3, 0.4) is 0 Å². The molecule has 0 saturated carbocycles. The van der Waals surface area contributed by atoms with Gasteiger partial charge in [-0.25, -0.2) is 4.98 Å². The standard InChI is InChI=1S/C10H14N2OS/c1-3-7(2)4-9(13)5-8-6-14-10(11)12-8/h6H,2-5H2,1H3,(H2,11,12). The summed E-state index contributed by atoms with van der Waals surface area (Å²) in [5, 5.41) is 2.34. The Bertz CT molecular complexity index is 344. The zero-order valence-electron chi connectivity index (χ0n) is 8.25. The third kappa shape index (κ3) is 3.30. The monoisotopic (exact) mass is 210 g/mol. The van der Waals surface area contributed by atoms with Crippen molar-refractivity contribution in [2.75, 3.05) is 5.73 Å². The van der Waals surface area contributed by atoms with Gasteiger partial charge in [0.2, 0.25) is 0 Å². The number of hydrogen-bond acceptors (Lipinski definition) is 4. The van der Waals surface area contributed by atoms with Gasteiger partial charge < -0.3 is 5.73 Å². The van der Waals surface area contributed by atoms with Gasteiger partial charge in [0.25, 0.3) is 0 Å². The molecule has 0 spiro atoms. The summed E-state index contributed by atoms with van der Waals surface area (Å²) in [5.74, 6) is 0.155. The van der Waals surface area contributed by atoms with Crippen LogP contribution in [-0.2, 0) is 11.2 Å². The number of nitrogens with zero attached hydrogens (tertiary/aromatic N) is 1. The van der Waals surface area contributed by atoms with Gasteiger partial charge in [-0.1, -0.05) is 19.1 Å². The predicted octanol–water partition coefficient (Wildman–Crippen LogP) is 2.19. The van der Waals surface area contributed by atoms with Crippen LogP contribution in [0.25, 0.3) is 0 Å². The molecule has 0 bridgehead atoms. The van der Waals surface area contributed by atoms with E-state index in [1.165, 1.54) is 11.3 Å². The molecule has 14 heavy (non-hydrogen) atoms. The second-order valence-corrected chi connectivity index (χ2v) is 4.06. The van der Waals surface area contributed by atoms with E-state index >= 15 is 0 Å². The van der Waals surface area contributed by atoms with Crippen LogP contribution in [0.2, 0.25) is 0 Å². The highest BCUT2D eigenvalue weighted by atomic mass is 32.1. The molecule has 0 aliphatic carbocycles. The minimum Gasteiger partial charge on any atom is -0.375 e. The minimum absolute atomic E-state index is 0.155. The van der Waals surface area contributed by atoms with E-state index in [0.717, 1.165) is 17.7 Å². The van der Waals surface area contributed by atoms with Gasteiger partial charge in [-0.3, -0.25) is 4.79 Å². The molecule has 0 amide bonds. The topological polar surface area (TPSA) is 56.0 Å². The first-order chi connectivity index (χ1) is 6.61. The molecule has 1 aromatic rings. The van der Waals surface area contributed by atoms with Crippen LogP contribution < -0.4 is 5.73 Å². The Morgan fingerprint density at radius 3 is 2.93 bits per heavy atom. The van der Waals surface area contributed by atoms with Gasteiger partial charge in [-0.05, 0) is 6.42 Å². The van der Waals surface area contributed by atoms with E-state index < -0.39 is 0 Å². The maximum absolute atomic E-state index is 11.5. The summed E-state index contributed by atoms with van der Waals surface area (Å²) >= 11 is 1.36. The summed E-state index contributed by atoms with van der Waals surface area (Å²) in [4.78, 5) is 15.5. The fourth-order valence-corrected chi connectivity index (χ4v) is 1.63. The van der Waals surface area contributed by atoms with E-state index in [2.05, 4.69) is 11.6 Å². The number of aromatic nitrogens is 1. The van der Waals surface area contributed by atoms with Crippen LogP contribution in [0.1, 0.15) is 25.5 Å². The minimum atomic E-state index is 0.155. The third-order valence-corrected chi connectivity index (χ3v) is 2.62. The van der Waals surface area contributed by atoms with Gasteiger partial charge in [0.05, 0.1) is 5.69 Å². The lowest BCUT2D eigenvalue weighted by Crippen LogP contribution is -2.04. The van der Waals surface area contributed by atoms with Crippen molar-refractivity contribution >= 4 is 22.3 Å². The van der Waals surface area contributed by atoms with Crippen molar-refractivity contribution < 1.29 is 4.79 Å². The van der Waals surface area contributed by atoms with Gasteiger partial charge in [0, 0.05) is 18.2 Å². The highest BCUT2D eigenvalue weighted by molar-refractivity contribution is 7.13. The number of allylic oxidation sites excluding steroid dienone is 1. The smallest absolute Gasteiger partial charge is 0.180 e. The number of Topliss-reactive ketones (excluding diaryl/α,β-unsaturated/α-hetero) is 1. The molecule has 0 fully saturated rings. The average molecular weight is 210 g/mol. The zero-order chi connectivity index (χ0) is 10.6. The fraction of sp³-hybridized carbons (Fsp3) is 0.400. The Kier molecular flexibility index (Phi) is 3.83. The molecule has 3 nitrogen and oxygen atoms in total. The first-order valence-electron chi connectivity index (χ1n) is 4.50. The Morgan fingerprint density at radius 2 is 2.43 bits per heavy atom. The molecule has 2 N–H and O–H groups in total. The number of nitrogens with two attached hydrogens (primary N) is 1. The Hall–Kier alpha value is -1.16. The number of thiazole rings is 1. The lowest BCUT2D eigenvalue weighted by molar-refractivity contribution is -0.117. The normalized spacial score (nSPS) is 10.1. The molecule has 0 atom stereocenters. The number of nitrogen functional groups attached to an aromatic ring is 1. The number of rotatable bonds is 5. The number of carbonyl (C=O) groups excluding carboxylic acids is 1. The van der Waals surface area contributed by atoms with E-state index in [4.69, 9.17) is 5.73 Å². The van der Waals surface area contributed by atoms with Gasteiger partial charge >= 0.3 is 0 Å². The summed E-state index contributed by atoms with van der Waals surface area (Å²) in [5.41, 5.74) is 7.20. The Labute approximate surface area is 87.7 Å². The summed E-state index contributed by atoms with van der Waals surface area (Å²) < 4.78 is 0. The zero-order valence-corrected chi connectivity index (χ0v) is 9.06. The highest BCUT2D eigenvalue weighted by Crippen LogP contribution is 2.13.